The quantitative estimate of drug-likeness (QED) is 0.742. The molecule has 0 saturated carbocycles. The van der Waals surface area contributed by atoms with E-state index in [1.807, 2.05) is 54.6 Å². The van der Waals surface area contributed by atoms with Gasteiger partial charge in [-0.2, -0.15) is 4.31 Å². The summed E-state index contributed by atoms with van der Waals surface area (Å²) in [6.07, 6.45) is 0. The lowest BCUT2D eigenvalue weighted by molar-refractivity contribution is 0.330. The molecule has 0 aliphatic carbocycles. The zero-order valence-corrected chi connectivity index (χ0v) is 15.7. The van der Waals surface area contributed by atoms with Gasteiger partial charge < -0.3 is 14.4 Å². The molecule has 0 atom stereocenters. The fourth-order valence-corrected chi connectivity index (χ4v) is 4.28. The fraction of sp³-hybridized carbons (Fsp3) is 0.368. The number of anilines is 1. The number of rotatable bonds is 7. The Balaban J connectivity index is 1.53. The highest BCUT2D eigenvalue weighted by Crippen LogP contribution is 2.28. The van der Waals surface area contributed by atoms with Crippen LogP contribution < -0.4 is 14.4 Å². The van der Waals surface area contributed by atoms with Gasteiger partial charge in [0.25, 0.3) is 0 Å². The first-order chi connectivity index (χ1) is 12.6. The summed E-state index contributed by atoms with van der Waals surface area (Å²) in [5.41, 5.74) is 0.999. The predicted octanol–water partition coefficient (Wildman–Crippen LogP) is 2.23. The van der Waals surface area contributed by atoms with Gasteiger partial charge in [0.2, 0.25) is 10.0 Å². The average Bonchev–Trinajstić information content (AvgIpc) is 2.69. The van der Waals surface area contributed by atoms with E-state index in [-0.39, 0.29) is 12.4 Å². The van der Waals surface area contributed by atoms with Crippen molar-refractivity contribution in [3.8, 4) is 11.5 Å². The van der Waals surface area contributed by atoms with E-state index in [9.17, 15) is 8.42 Å². The molecule has 0 bridgehead atoms. The summed E-state index contributed by atoms with van der Waals surface area (Å²) in [5.74, 6) is 1.47. The second-order valence-electron chi connectivity index (χ2n) is 6.04. The van der Waals surface area contributed by atoms with Crippen molar-refractivity contribution in [1.29, 1.82) is 0 Å². The Morgan fingerprint density at radius 1 is 0.923 bits per heavy atom. The van der Waals surface area contributed by atoms with Crippen LogP contribution in [0.4, 0.5) is 5.69 Å². The third-order valence-electron chi connectivity index (χ3n) is 4.41. The Bertz CT molecular complexity index is 803. The molecule has 6 nitrogen and oxygen atoms in total. The summed E-state index contributed by atoms with van der Waals surface area (Å²) >= 11 is 0. The molecule has 0 spiro atoms. The molecule has 0 amide bonds. The molecule has 2 aromatic rings. The molecule has 1 aliphatic rings. The van der Waals surface area contributed by atoms with Crippen LogP contribution in [-0.2, 0) is 10.0 Å². The van der Waals surface area contributed by atoms with Gasteiger partial charge in [-0.15, -0.1) is 0 Å². The van der Waals surface area contributed by atoms with Crippen LogP contribution in [0.25, 0.3) is 0 Å². The highest BCUT2D eigenvalue weighted by molar-refractivity contribution is 7.89. The molecule has 1 saturated heterocycles. The molecule has 0 aromatic heterocycles. The Hall–Kier alpha value is -2.25. The maximum atomic E-state index is 12.5. The minimum Gasteiger partial charge on any atom is -0.495 e. The number of benzene rings is 2. The Kier molecular flexibility index (Phi) is 6.00. The standard InChI is InChI=1S/C19H24N2O4S/c1-24-19-10-6-5-9-18(19)20-11-13-21(14-12-20)26(22,23)16-15-25-17-7-3-2-4-8-17/h2-10H,11-16H2,1H3. The van der Waals surface area contributed by atoms with E-state index in [2.05, 4.69) is 4.90 Å². The maximum Gasteiger partial charge on any atom is 0.217 e. The molecule has 26 heavy (non-hydrogen) atoms. The second kappa shape index (κ2) is 8.42. The molecule has 140 valence electrons. The molecular weight excluding hydrogens is 352 g/mol. The Labute approximate surface area is 155 Å². The van der Waals surface area contributed by atoms with E-state index in [4.69, 9.17) is 9.47 Å². The van der Waals surface area contributed by atoms with Crippen molar-refractivity contribution < 1.29 is 17.9 Å². The molecule has 0 unspecified atom stereocenters. The number of para-hydroxylation sites is 3. The SMILES string of the molecule is COc1ccccc1N1CCN(S(=O)(=O)CCOc2ccccc2)CC1. The second-order valence-corrected chi connectivity index (χ2v) is 8.12. The zero-order chi connectivity index (χ0) is 18.4. The number of ether oxygens (including phenoxy) is 2. The van der Waals surface area contributed by atoms with Crippen molar-refractivity contribution in [2.75, 3.05) is 50.5 Å². The lowest BCUT2D eigenvalue weighted by atomic mass is 10.2. The van der Waals surface area contributed by atoms with Crippen LogP contribution in [0.15, 0.2) is 54.6 Å². The minimum atomic E-state index is -3.32. The van der Waals surface area contributed by atoms with E-state index in [1.165, 1.54) is 0 Å². The first kappa shape index (κ1) is 18.5. The normalized spacial score (nSPS) is 15.7. The van der Waals surface area contributed by atoms with E-state index in [1.54, 1.807) is 11.4 Å². The number of sulfonamides is 1. The first-order valence-corrected chi connectivity index (χ1v) is 10.2. The number of nitrogens with zero attached hydrogens (tertiary/aromatic N) is 2. The lowest BCUT2D eigenvalue weighted by Gasteiger charge is -2.35. The number of hydrogen-bond donors (Lipinski definition) is 0. The minimum absolute atomic E-state index is 0.0173. The van der Waals surface area contributed by atoms with Gasteiger partial charge >= 0.3 is 0 Å². The van der Waals surface area contributed by atoms with Crippen molar-refractivity contribution in [1.82, 2.24) is 4.31 Å². The van der Waals surface area contributed by atoms with Gasteiger partial charge in [0.05, 0.1) is 18.6 Å². The molecule has 1 aliphatic heterocycles. The molecular formula is C19H24N2O4S. The van der Waals surface area contributed by atoms with Gasteiger partial charge in [-0.05, 0) is 24.3 Å². The molecule has 1 heterocycles. The van der Waals surface area contributed by atoms with Crippen molar-refractivity contribution in [2.45, 2.75) is 0 Å². The van der Waals surface area contributed by atoms with Crippen molar-refractivity contribution in [3.05, 3.63) is 54.6 Å². The predicted molar refractivity (Wildman–Crippen MR) is 103 cm³/mol. The summed E-state index contributed by atoms with van der Waals surface area (Å²) in [4.78, 5) is 2.16. The summed E-state index contributed by atoms with van der Waals surface area (Å²) in [6.45, 7) is 2.36. The van der Waals surface area contributed by atoms with Crippen LogP contribution >= 0.6 is 0 Å². The zero-order valence-electron chi connectivity index (χ0n) is 14.9. The van der Waals surface area contributed by atoms with Crippen LogP contribution in [0.5, 0.6) is 11.5 Å². The topological polar surface area (TPSA) is 59.1 Å². The Morgan fingerprint density at radius 2 is 1.58 bits per heavy atom. The van der Waals surface area contributed by atoms with Gasteiger partial charge in [-0.25, -0.2) is 8.42 Å². The monoisotopic (exact) mass is 376 g/mol. The summed E-state index contributed by atoms with van der Waals surface area (Å²) < 4.78 is 37.6. The summed E-state index contributed by atoms with van der Waals surface area (Å²) in [6, 6.07) is 17.1. The number of piperazine rings is 1. The largest absolute Gasteiger partial charge is 0.495 e. The van der Waals surface area contributed by atoms with Gasteiger partial charge in [0, 0.05) is 26.2 Å². The number of methoxy groups -OCH3 is 1. The number of hydrogen-bond acceptors (Lipinski definition) is 5. The molecule has 3 rings (SSSR count). The fourth-order valence-electron chi connectivity index (χ4n) is 3.01. The van der Waals surface area contributed by atoms with E-state index >= 15 is 0 Å². The molecule has 1 fully saturated rings. The van der Waals surface area contributed by atoms with Crippen molar-refractivity contribution in [3.63, 3.8) is 0 Å². The van der Waals surface area contributed by atoms with E-state index in [0.29, 0.717) is 31.9 Å². The average molecular weight is 376 g/mol. The third kappa shape index (κ3) is 4.47. The third-order valence-corrected chi connectivity index (χ3v) is 6.25. The van der Waals surface area contributed by atoms with Crippen LogP contribution in [0.2, 0.25) is 0 Å². The van der Waals surface area contributed by atoms with Crippen LogP contribution in [0, 0.1) is 0 Å². The van der Waals surface area contributed by atoms with E-state index < -0.39 is 10.0 Å². The Morgan fingerprint density at radius 3 is 2.27 bits per heavy atom. The van der Waals surface area contributed by atoms with Crippen LogP contribution in [0.1, 0.15) is 0 Å². The molecule has 2 aromatic carbocycles. The molecule has 0 N–H and O–H groups in total. The van der Waals surface area contributed by atoms with Gasteiger partial charge in [0.15, 0.2) is 0 Å². The highest BCUT2D eigenvalue weighted by atomic mass is 32.2. The summed E-state index contributed by atoms with van der Waals surface area (Å²) in [7, 11) is -1.68. The van der Waals surface area contributed by atoms with Gasteiger partial charge in [0.1, 0.15) is 18.1 Å². The summed E-state index contributed by atoms with van der Waals surface area (Å²) in [5, 5.41) is 0. The van der Waals surface area contributed by atoms with Gasteiger partial charge in [-0.3, -0.25) is 0 Å². The van der Waals surface area contributed by atoms with Crippen LogP contribution in [-0.4, -0.2) is 58.4 Å². The van der Waals surface area contributed by atoms with Crippen molar-refractivity contribution in [2.24, 2.45) is 0 Å². The van der Waals surface area contributed by atoms with Crippen molar-refractivity contribution >= 4 is 15.7 Å². The first-order valence-electron chi connectivity index (χ1n) is 8.64. The molecule has 7 heteroatoms. The lowest BCUT2D eigenvalue weighted by Crippen LogP contribution is -2.49. The highest BCUT2D eigenvalue weighted by Gasteiger charge is 2.27. The smallest absolute Gasteiger partial charge is 0.217 e. The van der Waals surface area contributed by atoms with Crippen LogP contribution in [0.3, 0.4) is 0 Å². The molecule has 0 radical (unpaired) electrons. The van der Waals surface area contributed by atoms with Gasteiger partial charge in [-0.1, -0.05) is 30.3 Å². The maximum absolute atomic E-state index is 12.5. The van der Waals surface area contributed by atoms with E-state index in [0.717, 1.165) is 11.4 Å².